The Balaban J connectivity index is 2.06. The number of aromatic nitrogens is 2. The summed E-state index contributed by atoms with van der Waals surface area (Å²) in [5.41, 5.74) is 2.33. The maximum absolute atomic E-state index is 14.0. The Morgan fingerprint density at radius 2 is 1.82 bits per heavy atom. The lowest BCUT2D eigenvalue weighted by molar-refractivity contribution is 0.419. The zero-order chi connectivity index (χ0) is 19.3. The van der Waals surface area contributed by atoms with E-state index in [1.807, 2.05) is 36.4 Å². The van der Waals surface area contributed by atoms with E-state index < -0.39 is 0 Å². The van der Waals surface area contributed by atoms with Gasteiger partial charge in [0.15, 0.2) is 0 Å². The highest BCUT2D eigenvalue weighted by atomic mass is 19.1. The Labute approximate surface area is 159 Å². The molecule has 0 saturated carbocycles. The molecule has 0 unspecified atom stereocenters. The summed E-state index contributed by atoms with van der Waals surface area (Å²) >= 11 is 0. The second-order valence-corrected chi connectivity index (χ2v) is 6.56. The van der Waals surface area contributed by atoms with Crippen LogP contribution in [-0.4, -0.2) is 16.5 Å². The summed E-state index contributed by atoms with van der Waals surface area (Å²) in [4.78, 5) is 18.0. The van der Waals surface area contributed by atoms with Crippen LogP contribution in [0.15, 0.2) is 71.5 Å². The van der Waals surface area contributed by atoms with E-state index in [9.17, 15) is 9.18 Å². The van der Waals surface area contributed by atoms with Crippen molar-refractivity contribution in [2.24, 2.45) is 0 Å². The van der Waals surface area contributed by atoms with Gasteiger partial charge in [-0.05, 0) is 42.0 Å². The van der Waals surface area contributed by atoms with Crippen LogP contribution in [0.4, 0.5) is 4.39 Å². The van der Waals surface area contributed by atoms with Crippen LogP contribution in [0.1, 0.15) is 5.56 Å². The van der Waals surface area contributed by atoms with Gasteiger partial charge < -0.3 is 4.74 Å². The first-order valence-electron chi connectivity index (χ1n) is 8.84. The van der Waals surface area contributed by atoms with Crippen LogP contribution in [-0.2, 0) is 0 Å². The number of halogens is 1. The molecular weight excluding hydrogens is 355 g/mol. The fraction of sp³-hybridized carbons (Fsp3) is 0.0435. The number of benzene rings is 3. The molecule has 5 aromatic rings. The average Bonchev–Trinajstić information content (AvgIpc) is 3.01. The van der Waals surface area contributed by atoms with Crippen molar-refractivity contribution in [3.05, 3.63) is 93.7 Å². The van der Waals surface area contributed by atoms with E-state index in [1.54, 1.807) is 35.8 Å². The number of para-hydroxylation sites is 1. The van der Waals surface area contributed by atoms with Gasteiger partial charge in [0.25, 0.3) is 5.56 Å². The highest BCUT2D eigenvalue weighted by Gasteiger charge is 2.16. The van der Waals surface area contributed by atoms with Crippen LogP contribution in [0.2, 0.25) is 0 Å². The first kappa shape index (κ1) is 16.4. The van der Waals surface area contributed by atoms with E-state index in [0.717, 1.165) is 5.56 Å². The molecule has 2 aromatic heterocycles. The van der Waals surface area contributed by atoms with E-state index in [-0.39, 0.29) is 11.4 Å². The molecule has 0 aliphatic rings. The first-order chi connectivity index (χ1) is 13.7. The van der Waals surface area contributed by atoms with Crippen molar-refractivity contribution >= 4 is 33.5 Å². The predicted molar refractivity (Wildman–Crippen MR) is 108 cm³/mol. The van der Waals surface area contributed by atoms with E-state index in [0.29, 0.717) is 38.4 Å². The minimum absolute atomic E-state index is 0.205. The third kappa shape index (κ3) is 2.36. The molecule has 0 atom stereocenters. The molecule has 2 heterocycles. The number of fused-ring (bicyclic) bond motifs is 4. The highest BCUT2D eigenvalue weighted by molar-refractivity contribution is 5.93. The number of hydrogen-bond acceptors (Lipinski definition) is 3. The quantitative estimate of drug-likeness (QED) is 0.476. The summed E-state index contributed by atoms with van der Waals surface area (Å²) in [5.74, 6) is 0.167. The van der Waals surface area contributed by atoms with Gasteiger partial charge in [0.2, 0.25) is 0 Å². The number of rotatable bonds is 2. The lowest BCUT2D eigenvalue weighted by Crippen LogP contribution is -2.16. The van der Waals surface area contributed by atoms with Gasteiger partial charge in [-0.3, -0.25) is 9.20 Å². The van der Waals surface area contributed by atoms with Crippen molar-refractivity contribution in [1.82, 2.24) is 9.38 Å². The molecule has 0 amide bonds. The lowest BCUT2D eigenvalue weighted by Gasteiger charge is -2.05. The summed E-state index contributed by atoms with van der Waals surface area (Å²) in [7, 11) is 1.55. The van der Waals surface area contributed by atoms with E-state index in [4.69, 9.17) is 9.72 Å². The number of nitrogens with zero attached hydrogens (tertiary/aromatic N) is 2. The van der Waals surface area contributed by atoms with Gasteiger partial charge in [0.05, 0.1) is 18.0 Å². The predicted octanol–water partition coefficient (Wildman–Crippen LogP) is 3.70. The van der Waals surface area contributed by atoms with Gasteiger partial charge >= 0.3 is 0 Å². The van der Waals surface area contributed by atoms with E-state index in [2.05, 4.69) is 0 Å². The van der Waals surface area contributed by atoms with Crippen LogP contribution in [0, 0.1) is 5.82 Å². The minimum atomic E-state index is -0.360. The number of hydrogen-bond donors (Lipinski definition) is 0. The monoisotopic (exact) mass is 370 g/mol. The molecule has 136 valence electrons. The molecule has 0 spiro atoms. The van der Waals surface area contributed by atoms with Crippen LogP contribution >= 0.6 is 0 Å². The molecule has 3 aromatic carbocycles. The van der Waals surface area contributed by atoms with E-state index >= 15 is 0 Å². The summed E-state index contributed by atoms with van der Waals surface area (Å²) < 4.78 is 21.0. The first-order valence-corrected chi connectivity index (χ1v) is 8.84. The summed E-state index contributed by atoms with van der Waals surface area (Å²) in [6.07, 6.45) is 1.92. The molecule has 4 nitrogen and oxygen atoms in total. The highest BCUT2D eigenvalue weighted by Crippen LogP contribution is 2.23. The second kappa shape index (κ2) is 6.16. The van der Waals surface area contributed by atoms with Crippen molar-refractivity contribution in [3.63, 3.8) is 0 Å². The molecule has 0 radical (unpaired) electrons. The zero-order valence-electron chi connectivity index (χ0n) is 15.0. The maximum Gasteiger partial charge on any atom is 0.266 e. The summed E-state index contributed by atoms with van der Waals surface area (Å²) in [6.45, 7) is 0. The third-order valence-electron chi connectivity index (χ3n) is 4.92. The van der Waals surface area contributed by atoms with Gasteiger partial charge in [-0.2, -0.15) is 0 Å². The third-order valence-corrected chi connectivity index (χ3v) is 4.92. The van der Waals surface area contributed by atoms with Crippen molar-refractivity contribution in [3.8, 4) is 5.75 Å². The average molecular weight is 370 g/mol. The Morgan fingerprint density at radius 1 is 1.00 bits per heavy atom. The molecule has 5 heteroatoms. The smallest absolute Gasteiger partial charge is 0.266 e. The fourth-order valence-corrected chi connectivity index (χ4v) is 3.65. The molecule has 0 bridgehead atoms. The molecule has 0 fully saturated rings. The topological polar surface area (TPSA) is 43.6 Å². The van der Waals surface area contributed by atoms with Gasteiger partial charge in [-0.1, -0.05) is 36.4 Å². The molecule has 28 heavy (non-hydrogen) atoms. The van der Waals surface area contributed by atoms with Crippen LogP contribution < -0.4 is 15.5 Å². The fourth-order valence-electron chi connectivity index (χ4n) is 3.65. The van der Waals surface area contributed by atoms with Crippen LogP contribution in [0.5, 0.6) is 5.75 Å². The molecule has 0 aliphatic heterocycles. The zero-order valence-corrected chi connectivity index (χ0v) is 15.0. The Kier molecular flexibility index (Phi) is 3.62. The van der Waals surface area contributed by atoms with E-state index in [1.165, 1.54) is 12.1 Å². The largest absolute Gasteiger partial charge is 0.494 e. The standard InChI is InChI=1S/C23H15FN2O2/c1-28-20-9-5-8-16-21(20)25-22-18(12-14-6-3-2-4-7-14)17-13-15(24)10-11-19(17)26(22)23(16)27/h2-13H,1H3/b18-12+. The minimum Gasteiger partial charge on any atom is -0.494 e. The van der Waals surface area contributed by atoms with Gasteiger partial charge in [-0.25, -0.2) is 9.37 Å². The molecule has 0 N–H and O–H groups in total. The van der Waals surface area contributed by atoms with Crippen molar-refractivity contribution < 1.29 is 9.13 Å². The molecule has 0 aliphatic carbocycles. The maximum atomic E-state index is 14.0. The van der Waals surface area contributed by atoms with Crippen LogP contribution in [0.25, 0.3) is 33.5 Å². The Hall–Kier alpha value is -3.73. The SMILES string of the molecule is COc1cccc2c(=O)n3c(nc12)/c(=C/c1ccccc1)c1cc(F)ccc13. The van der Waals surface area contributed by atoms with Crippen molar-refractivity contribution in [1.29, 1.82) is 0 Å². The number of ether oxygens (including phenoxy) is 1. The van der Waals surface area contributed by atoms with Crippen molar-refractivity contribution in [2.75, 3.05) is 7.11 Å². The van der Waals surface area contributed by atoms with Gasteiger partial charge in [0, 0.05) is 10.6 Å². The Bertz CT molecular complexity index is 1470. The summed E-state index contributed by atoms with van der Waals surface area (Å²) in [6, 6.07) is 19.4. The second-order valence-electron chi connectivity index (χ2n) is 6.56. The van der Waals surface area contributed by atoms with Crippen LogP contribution in [0.3, 0.4) is 0 Å². The molecule has 5 rings (SSSR count). The van der Waals surface area contributed by atoms with Gasteiger partial charge in [0.1, 0.15) is 22.7 Å². The Morgan fingerprint density at radius 3 is 2.61 bits per heavy atom. The normalized spacial score (nSPS) is 12.3. The molecule has 0 saturated heterocycles. The lowest BCUT2D eigenvalue weighted by atomic mass is 10.1. The van der Waals surface area contributed by atoms with Crippen molar-refractivity contribution in [2.45, 2.75) is 0 Å². The number of methoxy groups -OCH3 is 1. The summed E-state index contributed by atoms with van der Waals surface area (Å²) in [5, 5.41) is 1.80. The van der Waals surface area contributed by atoms with Gasteiger partial charge in [-0.15, -0.1) is 0 Å². The molecular formula is C23H15FN2O2.